The lowest BCUT2D eigenvalue weighted by molar-refractivity contribution is -0.132. The van der Waals surface area contributed by atoms with Gasteiger partial charge in [0.15, 0.2) is 0 Å². The number of hydrogen-bond acceptors (Lipinski definition) is 5. The highest BCUT2D eigenvalue weighted by Gasteiger charge is 2.24. The molecule has 2 rings (SSSR count). The normalized spacial score (nSPS) is 15.3. The van der Waals surface area contributed by atoms with E-state index in [1.54, 1.807) is 18.2 Å². The summed E-state index contributed by atoms with van der Waals surface area (Å²) < 4.78 is 25.7. The first-order valence-electron chi connectivity index (χ1n) is 6.95. The zero-order valence-corrected chi connectivity index (χ0v) is 14.6. The predicted molar refractivity (Wildman–Crippen MR) is 88.2 cm³/mol. The maximum absolute atomic E-state index is 12.3. The molecule has 1 saturated heterocycles. The van der Waals surface area contributed by atoms with Crippen LogP contribution < -0.4 is 5.32 Å². The molecule has 2 amide bonds. The summed E-state index contributed by atoms with van der Waals surface area (Å²) >= 11 is 1.47. The van der Waals surface area contributed by atoms with Gasteiger partial charge < -0.3 is 10.2 Å². The molecule has 0 bridgehead atoms. The molecule has 9 heteroatoms. The van der Waals surface area contributed by atoms with Gasteiger partial charge in [-0.3, -0.25) is 9.59 Å². The van der Waals surface area contributed by atoms with Gasteiger partial charge in [-0.05, 0) is 11.6 Å². The van der Waals surface area contributed by atoms with Crippen LogP contribution in [-0.2, 0) is 26.2 Å². The number of nitrogens with one attached hydrogen (secondary N) is 1. The molecule has 0 unspecified atom stereocenters. The van der Waals surface area contributed by atoms with Crippen molar-refractivity contribution in [1.29, 1.82) is 0 Å². The molecule has 1 aliphatic heterocycles. The fraction of sp³-hybridized carbons (Fsp3) is 0.429. The number of carbonyl (C=O) groups excluding carboxylic acids is 2. The number of hydrogen-bond donors (Lipinski definition) is 1. The molecule has 0 aliphatic carbocycles. The third kappa shape index (κ3) is 4.24. The van der Waals surface area contributed by atoms with Crippen LogP contribution in [0.2, 0.25) is 0 Å². The topological polar surface area (TPSA) is 86.8 Å². The Labute approximate surface area is 140 Å². The molecule has 0 spiro atoms. The summed E-state index contributed by atoms with van der Waals surface area (Å²) in [6.07, 6.45) is 0. The van der Waals surface area contributed by atoms with Crippen LogP contribution in [0, 0.1) is 0 Å². The van der Waals surface area contributed by atoms with Gasteiger partial charge in [-0.25, -0.2) is 12.7 Å². The van der Waals surface area contributed by atoms with Gasteiger partial charge in [-0.15, -0.1) is 11.8 Å². The van der Waals surface area contributed by atoms with E-state index in [1.165, 1.54) is 36.8 Å². The minimum atomic E-state index is -3.57. The van der Waals surface area contributed by atoms with E-state index in [2.05, 4.69) is 5.32 Å². The van der Waals surface area contributed by atoms with Crippen molar-refractivity contribution in [2.24, 2.45) is 0 Å². The average molecular weight is 357 g/mol. The van der Waals surface area contributed by atoms with Gasteiger partial charge in [0.05, 0.1) is 16.5 Å². The first-order valence-corrected chi connectivity index (χ1v) is 9.54. The fourth-order valence-electron chi connectivity index (χ4n) is 2.06. The van der Waals surface area contributed by atoms with E-state index in [0.717, 1.165) is 4.31 Å². The molecule has 1 heterocycles. The number of benzene rings is 1. The second kappa shape index (κ2) is 7.33. The molecule has 0 radical (unpaired) electrons. The van der Waals surface area contributed by atoms with E-state index in [9.17, 15) is 18.0 Å². The van der Waals surface area contributed by atoms with Gasteiger partial charge in [0.2, 0.25) is 21.8 Å². The van der Waals surface area contributed by atoms with E-state index in [0.29, 0.717) is 17.2 Å². The molecule has 126 valence electrons. The standard InChI is InChI=1S/C14H19N3O4S2/c1-16(2)23(20,21)12-6-4-3-5-11(12)7-15-13(18)8-17-10-22-9-14(17)19/h3-6H,7-10H2,1-2H3,(H,15,18). The van der Waals surface area contributed by atoms with E-state index in [-0.39, 0.29) is 29.8 Å². The second-order valence-electron chi connectivity index (χ2n) is 5.24. The van der Waals surface area contributed by atoms with E-state index in [1.807, 2.05) is 0 Å². The van der Waals surface area contributed by atoms with Crippen LogP contribution in [0.5, 0.6) is 0 Å². The van der Waals surface area contributed by atoms with Crippen molar-refractivity contribution in [2.45, 2.75) is 11.4 Å². The van der Waals surface area contributed by atoms with Gasteiger partial charge >= 0.3 is 0 Å². The van der Waals surface area contributed by atoms with Crippen LogP contribution >= 0.6 is 11.8 Å². The molecule has 1 aliphatic rings. The molecule has 0 atom stereocenters. The Morgan fingerprint density at radius 1 is 1.35 bits per heavy atom. The number of sulfonamides is 1. The van der Waals surface area contributed by atoms with Gasteiger partial charge in [0.1, 0.15) is 6.54 Å². The Hall–Kier alpha value is -1.58. The van der Waals surface area contributed by atoms with Crippen molar-refractivity contribution >= 4 is 33.6 Å². The van der Waals surface area contributed by atoms with Crippen LogP contribution in [-0.4, -0.2) is 61.7 Å². The smallest absolute Gasteiger partial charge is 0.242 e. The van der Waals surface area contributed by atoms with Crippen molar-refractivity contribution < 1.29 is 18.0 Å². The number of nitrogens with zero attached hydrogens (tertiary/aromatic N) is 2. The SMILES string of the molecule is CN(C)S(=O)(=O)c1ccccc1CNC(=O)CN1CSCC1=O. The van der Waals surface area contributed by atoms with Gasteiger partial charge in [-0.2, -0.15) is 0 Å². The minimum Gasteiger partial charge on any atom is -0.350 e. The molecule has 0 saturated carbocycles. The molecule has 1 fully saturated rings. The van der Waals surface area contributed by atoms with Crippen LogP contribution in [0.3, 0.4) is 0 Å². The molecule has 0 aromatic heterocycles. The average Bonchev–Trinajstić information content (AvgIpc) is 2.90. The van der Waals surface area contributed by atoms with E-state index in [4.69, 9.17) is 0 Å². The Kier molecular flexibility index (Phi) is 5.66. The van der Waals surface area contributed by atoms with Crippen LogP contribution in [0.1, 0.15) is 5.56 Å². The van der Waals surface area contributed by atoms with Crippen LogP contribution in [0.4, 0.5) is 0 Å². The summed E-state index contributed by atoms with van der Waals surface area (Å²) in [5.74, 6) is 0.549. The second-order valence-corrected chi connectivity index (χ2v) is 8.32. The molecular formula is C14H19N3O4S2. The number of amides is 2. The Balaban J connectivity index is 2.04. The maximum Gasteiger partial charge on any atom is 0.242 e. The molecule has 1 aromatic carbocycles. The highest BCUT2D eigenvalue weighted by Crippen LogP contribution is 2.18. The Morgan fingerprint density at radius 3 is 2.65 bits per heavy atom. The third-order valence-corrected chi connectivity index (χ3v) is 6.23. The summed E-state index contributed by atoms with van der Waals surface area (Å²) in [5, 5.41) is 2.67. The number of carbonyl (C=O) groups is 2. The quantitative estimate of drug-likeness (QED) is 0.779. The summed E-state index contributed by atoms with van der Waals surface area (Å²) in [7, 11) is -0.653. The number of thioether (sulfide) groups is 1. The van der Waals surface area contributed by atoms with Crippen molar-refractivity contribution in [3.8, 4) is 0 Å². The van der Waals surface area contributed by atoms with Crippen molar-refractivity contribution in [2.75, 3.05) is 32.3 Å². The lowest BCUT2D eigenvalue weighted by atomic mass is 10.2. The van der Waals surface area contributed by atoms with Crippen molar-refractivity contribution in [1.82, 2.24) is 14.5 Å². The number of rotatable bonds is 6. The van der Waals surface area contributed by atoms with E-state index >= 15 is 0 Å². The molecule has 1 aromatic rings. The maximum atomic E-state index is 12.3. The largest absolute Gasteiger partial charge is 0.350 e. The molecule has 7 nitrogen and oxygen atoms in total. The van der Waals surface area contributed by atoms with Gasteiger partial charge in [0.25, 0.3) is 0 Å². The zero-order valence-electron chi connectivity index (χ0n) is 13.0. The monoisotopic (exact) mass is 357 g/mol. The molecular weight excluding hydrogens is 338 g/mol. The highest BCUT2D eigenvalue weighted by molar-refractivity contribution is 8.00. The first-order chi connectivity index (χ1) is 10.8. The van der Waals surface area contributed by atoms with Crippen LogP contribution in [0.25, 0.3) is 0 Å². The molecule has 23 heavy (non-hydrogen) atoms. The predicted octanol–water partition coefficient (Wildman–Crippen LogP) is 0.0860. The lowest BCUT2D eigenvalue weighted by Crippen LogP contribution is -2.38. The summed E-state index contributed by atoms with van der Waals surface area (Å²) in [6, 6.07) is 6.53. The first kappa shape index (κ1) is 17.8. The Morgan fingerprint density at radius 2 is 2.04 bits per heavy atom. The zero-order chi connectivity index (χ0) is 17.0. The van der Waals surface area contributed by atoms with Gasteiger partial charge in [0, 0.05) is 20.6 Å². The summed E-state index contributed by atoms with van der Waals surface area (Å²) in [4.78, 5) is 25.1. The lowest BCUT2D eigenvalue weighted by Gasteiger charge is -2.17. The third-order valence-electron chi connectivity index (χ3n) is 3.37. The van der Waals surface area contributed by atoms with Gasteiger partial charge in [-0.1, -0.05) is 18.2 Å². The highest BCUT2D eigenvalue weighted by atomic mass is 32.2. The van der Waals surface area contributed by atoms with E-state index < -0.39 is 10.0 Å². The van der Waals surface area contributed by atoms with Crippen molar-refractivity contribution in [3.05, 3.63) is 29.8 Å². The minimum absolute atomic E-state index is 0.00553. The molecule has 1 N–H and O–H groups in total. The fourth-order valence-corrected chi connectivity index (χ4v) is 4.08. The van der Waals surface area contributed by atoms with Crippen molar-refractivity contribution in [3.63, 3.8) is 0 Å². The summed E-state index contributed by atoms with van der Waals surface area (Å²) in [6.45, 7) is 0.0890. The van der Waals surface area contributed by atoms with Crippen LogP contribution in [0.15, 0.2) is 29.2 Å². The summed E-state index contributed by atoms with van der Waals surface area (Å²) in [5.41, 5.74) is 0.511. The Bertz CT molecular complexity index is 704.